The van der Waals surface area contributed by atoms with E-state index in [-0.39, 0.29) is 17.7 Å². The van der Waals surface area contributed by atoms with Gasteiger partial charge in [-0.05, 0) is 31.0 Å². The lowest BCUT2D eigenvalue weighted by molar-refractivity contribution is 0.0697. The molecule has 1 unspecified atom stereocenters. The number of benzene rings is 1. The molecule has 0 bridgehead atoms. The summed E-state index contributed by atoms with van der Waals surface area (Å²) in [5.41, 5.74) is 0.524. The minimum atomic E-state index is -1.05. The van der Waals surface area contributed by atoms with Crippen LogP contribution >= 0.6 is 15.9 Å². The zero-order valence-electron chi connectivity index (χ0n) is 10.7. The van der Waals surface area contributed by atoms with Crippen LogP contribution in [0, 0.1) is 0 Å². The monoisotopic (exact) mass is 342 g/mol. The van der Waals surface area contributed by atoms with Crippen LogP contribution in [-0.2, 0) is 4.74 Å². The number of aromatic carboxylic acids is 1. The van der Waals surface area contributed by atoms with E-state index >= 15 is 0 Å². The molecule has 0 saturated carbocycles. The number of halogens is 1. The molecule has 1 fully saturated rings. The molecule has 1 saturated heterocycles. The van der Waals surface area contributed by atoms with Crippen molar-refractivity contribution < 1.29 is 19.4 Å². The number of hydrogen-bond acceptors (Lipinski definition) is 3. The van der Waals surface area contributed by atoms with Crippen LogP contribution in [0.2, 0.25) is 0 Å². The summed E-state index contributed by atoms with van der Waals surface area (Å²) in [6.07, 6.45) is 2.03. The second-order valence-corrected chi connectivity index (χ2v) is 5.42. The third kappa shape index (κ3) is 4.21. The number of ether oxygens (including phenoxy) is 1. The Morgan fingerprint density at radius 3 is 2.85 bits per heavy atom. The number of nitrogens with one attached hydrogen (secondary N) is 2. The molecule has 20 heavy (non-hydrogen) atoms. The molecule has 1 atom stereocenters. The van der Waals surface area contributed by atoms with E-state index in [0.717, 1.165) is 19.4 Å². The van der Waals surface area contributed by atoms with Gasteiger partial charge in [-0.2, -0.15) is 0 Å². The Kier molecular flexibility index (Phi) is 4.97. The van der Waals surface area contributed by atoms with E-state index < -0.39 is 5.97 Å². The molecule has 6 nitrogen and oxygen atoms in total. The molecule has 7 heteroatoms. The Morgan fingerprint density at radius 1 is 1.40 bits per heavy atom. The Bertz CT molecular complexity index is 515. The molecule has 3 N–H and O–H groups in total. The summed E-state index contributed by atoms with van der Waals surface area (Å²) in [7, 11) is 0. The molecule has 0 radical (unpaired) electrons. The zero-order chi connectivity index (χ0) is 14.5. The average molecular weight is 343 g/mol. The molecule has 1 aliphatic heterocycles. The lowest BCUT2D eigenvalue weighted by Gasteiger charge is -2.12. The molecule has 1 aromatic carbocycles. The van der Waals surface area contributed by atoms with Crippen molar-refractivity contribution in [2.75, 3.05) is 18.5 Å². The van der Waals surface area contributed by atoms with Crippen LogP contribution in [0.4, 0.5) is 10.5 Å². The first-order valence-electron chi connectivity index (χ1n) is 6.25. The van der Waals surface area contributed by atoms with Gasteiger partial charge in [0.2, 0.25) is 0 Å². The Balaban J connectivity index is 1.91. The van der Waals surface area contributed by atoms with Gasteiger partial charge in [-0.1, -0.05) is 15.9 Å². The summed E-state index contributed by atoms with van der Waals surface area (Å²) in [6, 6.07) is 4.13. The van der Waals surface area contributed by atoms with Crippen LogP contribution in [0.25, 0.3) is 0 Å². The Morgan fingerprint density at radius 2 is 2.20 bits per heavy atom. The number of urea groups is 1. The predicted octanol–water partition coefficient (Wildman–Crippen LogP) is 2.45. The quantitative estimate of drug-likeness (QED) is 0.784. The van der Waals surface area contributed by atoms with Crippen LogP contribution in [0.5, 0.6) is 0 Å². The number of rotatable bonds is 4. The second-order valence-electron chi connectivity index (χ2n) is 4.50. The lowest BCUT2D eigenvalue weighted by atomic mass is 10.2. The zero-order valence-corrected chi connectivity index (χ0v) is 12.3. The van der Waals surface area contributed by atoms with Gasteiger partial charge in [-0.3, -0.25) is 0 Å². The molecule has 0 aliphatic carbocycles. The largest absolute Gasteiger partial charge is 0.478 e. The van der Waals surface area contributed by atoms with E-state index in [1.165, 1.54) is 12.1 Å². The van der Waals surface area contributed by atoms with Crippen LogP contribution in [0.1, 0.15) is 23.2 Å². The molecule has 0 aromatic heterocycles. The minimum Gasteiger partial charge on any atom is -0.478 e. The Hall–Kier alpha value is -1.60. The summed E-state index contributed by atoms with van der Waals surface area (Å²) >= 11 is 3.21. The molecule has 2 rings (SSSR count). The van der Waals surface area contributed by atoms with Crippen LogP contribution in [-0.4, -0.2) is 36.4 Å². The molecule has 108 valence electrons. The third-order valence-corrected chi connectivity index (χ3v) is 3.37. The first kappa shape index (κ1) is 14.8. The topological polar surface area (TPSA) is 87.7 Å². The normalized spacial score (nSPS) is 17.8. The van der Waals surface area contributed by atoms with Gasteiger partial charge in [0, 0.05) is 23.3 Å². The van der Waals surface area contributed by atoms with Crippen molar-refractivity contribution in [1.82, 2.24) is 5.32 Å². The summed E-state index contributed by atoms with van der Waals surface area (Å²) in [5, 5.41) is 14.3. The van der Waals surface area contributed by atoms with Gasteiger partial charge in [0.25, 0.3) is 0 Å². The van der Waals surface area contributed by atoms with Crippen molar-refractivity contribution >= 4 is 33.6 Å². The van der Waals surface area contributed by atoms with E-state index in [0.29, 0.717) is 16.7 Å². The number of hydrogen-bond donors (Lipinski definition) is 3. The van der Waals surface area contributed by atoms with Crippen molar-refractivity contribution in [2.24, 2.45) is 0 Å². The van der Waals surface area contributed by atoms with Gasteiger partial charge in [0.15, 0.2) is 0 Å². The molecule has 1 aliphatic rings. The maximum absolute atomic E-state index is 11.7. The number of carbonyl (C=O) groups excluding carboxylic acids is 1. The van der Waals surface area contributed by atoms with E-state index in [4.69, 9.17) is 9.84 Å². The van der Waals surface area contributed by atoms with Gasteiger partial charge in [-0.15, -0.1) is 0 Å². The maximum atomic E-state index is 11.7. The fourth-order valence-corrected chi connectivity index (χ4v) is 2.47. The minimum absolute atomic E-state index is 0.0674. The first-order chi connectivity index (χ1) is 9.54. The molecular formula is C13H15BrN2O4. The second kappa shape index (κ2) is 6.71. The average Bonchev–Trinajstić information content (AvgIpc) is 2.88. The van der Waals surface area contributed by atoms with Crippen LogP contribution in [0.15, 0.2) is 22.7 Å². The fraction of sp³-hybridized carbons (Fsp3) is 0.385. The van der Waals surface area contributed by atoms with E-state index in [2.05, 4.69) is 26.6 Å². The van der Waals surface area contributed by atoms with Crippen molar-refractivity contribution in [2.45, 2.75) is 18.9 Å². The van der Waals surface area contributed by atoms with Crippen molar-refractivity contribution in [3.05, 3.63) is 28.2 Å². The van der Waals surface area contributed by atoms with Gasteiger partial charge in [-0.25, -0.2) is 9.59 Å². The summed E-state index contributed by atoms with van der Waals surface area (Å²) in [6.45, 7) is 1.19. The van der Waals surface area contributed by atoms with Crippen LogP contribution in [0.3, 0.4) is 0 Å². The van der Waals surface area contributed by atoms with Crippen LogP contribution < -0.4 is 10.6 Å². The summed E-state index contributed by atoms with van der Waals surface area (Å²) < 4.78 is 5.99. The van der Waals surface area contributed by atoms with Crippen molar-refractivity contribution in [1.29, 1.82) is 0 Å². The highest BCUT2D eigenvalue weighted by Crippen LogP contribution is 2.19. The van der Waals surface area contributed by atoms with Crippen molar-refractivity contribution in [3.8, 4) is 0 Å². The Labute approximate surface area is 124 Å². The number of carboxylic acid groups (broad SMARTS) is 1. The van der Waals surface area contributed by atoms with Gasteiger partial charge < -0.3 is 20.5 Å². The molecule has 0 spiro atoms. The molecule has 1 aromatic rings. The number of amides is 2. The first-order valence-corrected chi connectivity index (χ1v) is 7.04. The highest BCUT2D eigenvalue weighted by molar-refractivity contribution is 9.10. The van der Waals surface area contributed by atoms with E-state index in [1.54, 1.807) is 6.07 Å². The fourth-order valence-electron chi connectivity index (χ4n) is 1.97. The van der Waals surface area contributed by atoms with Crippen molar-refractivity contribution in [3.63, 3.8) is 0 Å². The van der Waals surface area contributed by atoms with E-state index in [9.17, 15) is 9.59 Å². The standard InChI is InChI=1S/C13H15BrN2O4/c14-9-4-8(12(17)18)5-10(6-9)16-13(19)15-7-11-2-1-3-20-11/h4-6,11H,1-3,7H2,(H,17,18)(H2,15,16,19). The van der Waals surface area contributed by atoms with E-state index in [1.807, 2.05) is 0 Å². The number of anilines is 1. The molecular weight excluding hydrogens is 328 g/mol. The number of carbonyl (C=O) groups is 2. The van der Waals surface area contributed by atoms with Gasteiger partial charge >= 0.3 is 12.0 Å². The summed E-state index contributed by atoms with van der Waals surface area (Å²) in [5.74, 6) is -1.05. The van der Waals surface area contributed by atoms with Gasteiger partial charge in [0.1, 0.15) is 0 Å². The smallest absolute Gasteiger partial charge is 0.335 e. The molecule has 2 amide bonds. The predicted molar refractivity (Wildman–Crippen MR) is 77.1 cm³/mol. The third-order valence-electron chi connectivity index (χ3n) is 2.92. The highest BCUT2D eigenvalue weighted by atomic mass is 79.9. The summed E-state index contributed by atoms with van der Waals surface area (Å²) in [4.78, 5) is 22.6. The SMILES string of the molecule is O=C(NCC1CCCO1)Nc1cc(Br)cc(C(=O)O)c1. The maximum Gasteiger partial charge on any atom is 0.335 e. The van der Waals surface area contributed by atoms with Gasteiger partial charge in [0.05, 0.1) is 11.7 Å². The molecule has 1 heterocycles. The lowest BCUT2D eigenvalue weighted by Crippen LogP contribution is -2.35. The highest BCUT2D eigenvalue weighted by Gasteiger charge is 2.16. The number of carboxylic acids is 1.